The molecule has 0 bridgehead atoms. The van der Waals surface area contributed by atoms with Gasteiger partial charge in [0.05, 0.1) is 19.8 Å². The third-order valence-electron chi connectivity index (χ3n) is 3.50. The van der Waals surface area contributed by atoms with Crippen molar-refractivity contribution in [1.82, 2.24) is 0 Å². The van der Waals surface area contributed by atoms with Crippen molar-refractivity contribution in [2.45, 2.75) is 59.3 Å². The van der Waals surface area contributed by atoms with Crippen LogP contribution in [0.1, 0.15) is 69.7 Å². The molecule has 0 unspecified atom stereocenters. The summed E-state index contributed by atoms with van der Waals surface area (Å²) in [5.41, 5.74) is 0.359. The van der Waals surface area contributed by atoms with Gasteiger partial charge in [0.2, 0.25) is 5.75 Å². The highest BCUT2D eigenvalue weighted by Crippen LogP contribution is 2.40. The van der Waals surface area contributed by atoms with Gasteiger partial charge in [-0.05, 0) is 43.0 Å². The smallest absolute Gasteiger partial charge is 0.252 e. The molecule has 1 rings (SSSR count). The SMILES string of the molecule is CCCCOc1cc(C(=O)Cl)cc(OCCCC)c1OCCCC. The molecule has 0 heterocycles. The van der Waals surface area contributed by atoms with Gasteiger partial charge in [0.25, 0.3) is 5.24 Å². The summed E-state index contributed by atoms with van der Waals surface area (Å²) in [6.45, 7) is 8.01. The Morgan fingerprint density at radius 3 is 1.62 bits per heavy atom. The lowest BCUT2D eigenvalue weighted by Crippen LogP contribution is -2.07. The van der Waals surface area contributed by atoms with Crippen LogP contribution in [0, 0.1) is 0 Å². The number of hydrogen-bond acceptors (Lipinski definition) is 4. The predicted molar refractivity (Wildman–Crippen MR) is 97.8 cm³/mol. The second kappa shape index (κ2) is 12.0. The number of carbonyl (C=O) groups is 1. The Morgan fingerprint density at radius 2 is 1.25 bits per heavy atom. The van der Waals surface area contributed by atoms with Gasteiger partial charge in [-0.1, -0.05) is 40.0 Å². The van der Waals surface area contributed by atoms with Crippen molar-refractivity contribution in [1.29, 1.82) is 0 Å². The van der Waals surface area contributed by atoms with E-state index in [1.54, 1.807) is 12.1 Å². The lowest BCUT2D eigenvalue weighted by atomic mass is 10.2. The van der Waals surface area contributed by atoms with Gasteiger partial charge in [0, 0.05) is 5.56 Å². The minimum absolute atomic E-state index is 0.359. The van der Waals surface area contributed by atoms with Gasteiger partial charge in [0.1, 0.15) is 0 Å². The molecule has 1 aromatic rings. The van der Waals surface area contributed by atoms with Crippen molar-refractivity contribution < 1.29 is 19.0 Å². The van der Waals surface area contributed by atoms with Crippen LogP contribution in [0.4, 0.5) is 0 Å². The molecule has 0 aliphatic heterocycles. The van der Waals surface area contributed by atoms with E-state index in [-0.39, 0.29) is 0 Å². The molecule has 0 fully saturated rings. The maximum Gasteiger partial charge on any atom is 0.252 e. The zero-order valence-corrected chi connectivity index (χ0v) is 15.8. The van der Waals surface area contributed by atoms with Crippen LogP contribution in [0.25, 0.3) is 0 Å². The highest BCUT2D eigenvalue weighted by atomic mass is 35.5. The van der Waals surface area contributed by atoms with Gasteiger partial charge < -0.3 is 14.2 Å². The minimum Gasteiger partial charge on any atom is -0.490 e. The van der Waals surface area contributed by atoms with Gasteiger partial charge in [-0.15, -0.1) is 0 Å². The van der Waals surface area contributed by atoms with E-state index in [9.17, 15) is 4.79 Å². The Kier molecular flexibility index (Phi) is 10.3. The summed E-state index contributed by atoms with van der Waals surface area (Å²) >= 11 is 5.66. The molecule has 0 atom stereocenters. The van der Waals surface area contributed by atoms with E-state index < -0.39 is 5.24 Å². The van der Waals surface area contributed by atoms with E-state index in [2.05, 4.69) is 20.8 Å². The Labute approximate surface area is 150 Å². The van der Waals surface area contributed by atoms with Crippen LogP contribution in [0.3, 0.4) is 0 Å². The van der Waals surface area contributed by atoms with Gasteiger partial charge >= 0.3 is 0 Å². The number of unbranched alkanes of at least 4 members (excludes halogenated alkanes) is 3. The Balaban J connectivity index is 3.08. The van der Waals surface area contributed by atoms with Gasteiger partial charge in [-0.3, -0.25) is 4.79 Å². The van der Waals surface area contributed by atoms with Crippen LogP contribution in [0.5, 0.6) is 17.2 Å². The van der Waals surface area contributed by atoms with Crippen LogP contribution >= 0.6 is 11.6 Å². The van der Waals surface area contributed by atoms with Crippen LogP contribution in [-0.4, -0.2) is 25.1 Å². The fourth-order valence-corrected chi connectivity index (χ4v) is 2.13. The molecule has 5 heteroatoms. The Hall–Kier alpha value is -1.42. The summed E-state index contributed by atoms with van der Waals surface area (Å²) in [4.78, 5) is 11.6. The van der Waals surface area contributed by atoms with Gasteiger partial charge in [0.15, 0.2) is 11.5 Å². The molecule has 0 N–H and O–H groups in total. The summed E-state index contributed by atoms with van der Waals surface area (Å²) in [6.07, 6.45) is 5.90. The zero-order chi connectivity index (χ0) is 17.8. The van der Waals surface area contributed by atoms with E-state index in [0.29, 0.717) is 42.6 Å². The molecule has 0 aliphatic rings. The van der Waals surface area contributed by atoms with Crippen LogP contribution < -0.4 is 14.2 Å². The van der Waals surface area contributed by atoms with Crippen LogP contribution in [0.2, 0.25) is 0 Å². The lowest BCUT2D eigenvalue weighted by Gasteiger charge is -2.18. The summed E-state index contributed by atoms with van der Waals surface area (Å²) < 4.78 is 17.6. The summed E-state index contributed by atoms with van der Waals surface area (Å²) in [6, 6.07) is 3.28. The molecule has 0 amide bonds. The molecule has 1 aromatic carbocycles. The number of hydrogen-bond donors (Lipinski definition) is 0. The maximum atomic E-state index is 11.6. The van der Waals surface area contributed by atoms with Gasteiger partial charge in [-0.2, -0.15) is 0 Å². The normalized spacial score (nSPS) is 10.5. The second-order valence-electron chi connectivity index (χ2n) is 5.68. The predicted octanol–water partition coefficient (Wildman–Crippen LogP) is 5.60. The molecule has 0 aromatic heterocycles. The first-order chi connectivity index (χ1) is 11.6. The van der Waals surface area contributed by atoms with Crippen molar-refractivity contribution in [2.75, 3.05) is 19.8 Å². The van der Waals surface area contributed by atoms with E-state index in [4.69, 9.17) is 25.8 Å². The molecule has 0 radical (unpaired) electrons. The topological polar surface area (TPSA) is 44.8 Å². The number of benzene rings is 1. The van der Waals surface area contributed by atoms with Crippen molar-refractivity contribution in [3.05, 3.63) is 17.7 Å². The first-order valence-electron chi connectivity index (χ1n) is 8.90. The molecule has 0 aliphatic carbocycles. The molecule has 0 saturated heterocycles. The second-order valence-corrected chi connectivity index (χ2v) is 6.02. The Morgan fingerprint density at radius 1 is 0.833 bits per heavy atom. The number of halogens is 1. The van der Waals surface area contributed by atoms with Crippen LogP contribution in [-0.2, 0) is 0 Å². The van der Waals surface area contributed by atoms with E-state index in [1.165, 1.54) is 0 Å². The fraction of sp³-hybridized carbons (Fsp3) is 0.632. The Bertz CT molecular complexity index is 471. The highest BCUT2D eigenvalue weighted by Gasteiger charge is 2.18. The maximum absolute atomic E-state index is 11.6. The first kappa shape index (κ1) is 20.6. The minimum atomic E-state index is -0.532. The van der Waals surface area contributed by atoms with E-state index in [1.807, 2.05) is 0 Å². The molecule has 136 valence electrons. The lowest BCUT2D eigenvalue weighted by molar-refractivity contribution is 0.108. The molecule has 0 spiro atoms. The van der Waals surface area contributed by atoms with Crippen molar-refractivity contribution in [2.24, 2.45) is 0 Å². The monoisotopic (exact) mass is 356 g/mol. The zero-order valence-electron chi connectivity index (χ0n) is 15.0. The fourth-order valence-electron chi connectivity index (χ4n) is 2.02. The average molecular weight is 357 g/mol. The van der Waals surface area contributed by atoms with Crippen molar-refractivity contribution in [3.63, 3.8) is 0 Å². The number of carbonyl (C=O) groups excluding carboxylic acids is 1. The average Bonchev–Trinajstić information content (AvgIpc) is 2.56. The number of ether oxygens (including phenoxy) is 3. The van der Waals surface area contributed by atoms with Crippen molar-refractivity contribution in [3.8, 4) is 17.2 Å². The summed E-state index contributed by atoms with van der Waals surface area (Å²) in [5.74, 6) is 1.62. The molecular formula is C19H29ClO4. The largest absolute Gasteiger partial charge is 0.490 e. The third kappa shape index (κ3) is 7.00. The quantitative estimate of drug-likeness (QED) is 0.340. The molecule has 0 saturated carbocycles. The molecular weight excluding hydrogens is 328 g/mol. The van der Waals surface area contributed by atoms with Crippen LogP contribution in [0.15, 0.2) is 12.1 Å². The van der Waals surface area contributed by atoms with E-state index in [0.717, 1.165) is 38.5 Å². The van der Waals surface area contributed by atoms with E-state index >= 15 is 0 Å². The third-order valence-corrected chi connectivity index (χ3v) is 3.72. The number of rotatable bonds is 13. The summed E-state index contributed by atoms with van der Waals surface area (Å²) in [7, 11) is 0. The van der Waals surface area contributed by atoms with Crippen molar-refractivity contribution >= 4 is 16.8 Å². The van der Waals surface area contributed by atoms with Gasteiger partial charge in [-0.25, -0.2) is 0 Å². The highest BCUT2D eigenvalue weighted by molar-refractivity contribution is 6.67. The molecule has 4 nitrogen and oxygen atoms in total. The molecule has 24 heavy (non-hydrogen) atoms. The standard InChI is InChI=1S/C19H29ClO4/c1-4-7-10-22-16-13-15(19(20)21)14-17(23-11-8-5-2)18(16)24-12-9-6-3/h13-14H,4-12H2,1-3H3. The summed E-state index contributed by atoms with van der Waals surface area (Å²) in [5, 5.41) is -0.532. The first-order valence-corrected chi connectivity index (χ1v) is 9.28.